The van der Waals surface area contributed by atoms with Crippen LogP contribution in [0, 0.1) is 6.92 Å². The van der Waals surface area contributed by atoms with E-state index in [4.69, 9.17) is 11.6 Å². The van der Waals surface area contributed by atoms with E-state index in [0.29, 0.717) is 17.3 Å². The number of benzene rings is 3. The number of hydrogen-bond acceptors (Lipinski definition) is 2. The number of aryl methyl sites for hydroxylation is 1. The Morgan fingerprint density at radius 2 is 1.72 bits per heavy atom. The monoisotopic (exact) mass is 445 g/mol. The molecule has 1 N–H and O–H groups in total. The first-order valence-corrected chi connectivity index (χ1v) is 11.6. The molecule has 0 aromatic heterocycles. The number of anilines is 2. The van der Waals surface area contributed by atoms with E-state index in [1.807, 2.05) is 23.1 Å². The predicted molar refractivity (Wildman–Crippen MR) is 132 cm³/mol. The van der Waals surface area contributed by atoms with Crippen LogP contribution in [0.25, 0.3) is 0 Å². The third kappa shape index (κ3) is 4.01. The van der Waals surface area contributed by atoms with Gasteiger partial charge in [-0.05, 0) is 62.2 Å². The number of urea groups is 1. The Bertz CT molecular complexity index is 1120. The zero-order chi connectivity index (χ0) is 22.1. The maximum absolute atomic E-state index is 13.3. The minimum atomic E-state index is -0.119. The molecule has 4 nitrogen and oxygen atoms in total. The number of fused-ring (bicyclic) bond motifs is 2. The molecule has 32 heavy (non-hydrogen) atoms. The van der Waals surface area contributed by atoms with Crippen molar-refractivity contribution < 1.29 is 4.79 Å². The smallest absolute Gasteiger partial charge is 0.306 e. The number of hydrogen-bond donors (Lipinski definition) is 1. The average Bonchev–Trinajstić information content (AvgIpc) is 3.11. The molecule has 1 spiro atoms. The van der Waals surface area contributed by atoms with Crippen LogP contribution >= 0.6 is 11.6 Å². The maximum Gasteiger partial charge on any atom is 0.326 e. The quantitative estimate of drug-likeness (QED) is 0.518. The Hall–Kier alpha value is -2.82. The highest BCUT2D eigenvalue weighted by molar-refractivity contribution is 6.33. The standard InChI is InChI=1S/C27H28ClN3O/c1-20-11-12-25-22(17-20)27(13-15-30(16-14-27)18-21-7-3-2-4-8-21)19-31(25)26(32)29-24-10-6-5-9-23(24)28/h2-12,17H,13-16,18-19H2,1H3,(H,29,32). The number of halogens is 1. The number of nitrogens with one attached hydrogen (secondary N) is 1. The Kier molecular flexibility index (Phi) is 5.66. The number of rotatable bonds is 3. The molecule has 3 aromatic carbocycles. The van der Waals surface area contributed by atoms with Gasteiger partial charge in [-0.25, -0.2) is 4.79 Å². The second-order valence-electron chi connectivity index (χ2n) is 9.06. The van der Waals surface area contributed by atoms with Crippen molar-refractivity contribution in [1.29, 1.82) is 0 Å². The summed E-state index contributed by atoms with van der Waals surface area (Å²) in [6, 6.07) is 24.4. The fraction of sp³-hybridized carbons (Fsp3) is 0.296. The van der Waals surface area contributed by atoms with Gasteiger partial charge in [-0.2, -0.15) is 0 Å². The van der Waals surface area contributed by atoms with Crippen LogP contribution in [0.15, 0.2) is 72.8 Å². The lowest BCUT2D eigenvalue weighted by atomic mass is 9.74. The Balaban J connectivity index is 1.36. The van der Waals surface area contributed by atoms with Crippen LogP contribution in [-0.4, -0.2) is 30.6 Å². The first-order chi connectivity index (χ1) is 15.5. The van der Waals surface area contributed by atoms with Gasteiger partial charge in [0.1, 0.15) is 0 Å². The number of piperidine rings is 1. The molecule has 2 heterocycles. The highest BCUT2D eigenvalue weighted by atomic mass is 35.5. The lowest BCUT2D eigenvalue weighted by molar-refractivity contribution is 0.160. The molecule has 2 aliphatic rings. The van der Waals surface area contributed by atoms with Crippen molar-refractivity contribution in [2.24, 2.45) is 0 Å². The van der Waals surface area contributed by atoms with Crippen LogP contribution in [0.2, 0.25) is 5.02 Å². The van der Waals surface area contributed by atoms with Gasteiger partial charge < -0.3 is 5.32 Å². The minimum absolute atomic E-state index is 0.00631. The summed E-state index contributed by atoms with van der Waals surface area (Å²) >= 11 is 6.28. The van der Waals surface area contributed by atoms with Crippen molar-refractivity contribution in [3.05, 3.63) is 94.5 Å². The molecular weight excluding hydrogens is 418 g/mol. The molecule has 1 saturated heterocycles. The van der Waals surface area contributed by atoms with E-state index in [1.54, 1.807) is 6.07 Å². The average molecular weight is 446 g/mol. The highest BCUT2D eigenvalue weighted by Gasteiger charge is 2.46. The van der Waals surface area contributed by atoms with Gasteiger partial charge >= 0.3 is 6.03 Å². The topological polar surface area (TPSA) is 35.6 Å². The SMILES string of the molecule is Cc1ccc2c(c1)C1(CCN(Cc3ccccc3)CC1)CN2C(=O)Nc1ccccc1Cl. The number of nitrogens with zero attached hydrogens (tertiary/aromatic N) is 2. The molecule has 0 radical (unpaired) electrons. The van der Waals surface area contributed by atoms with Crippen LogP contribution in [0.4, 0.5) is 16.2 Å². The van der Waals surface area contributed by atoms with Crippen LogP contribution in [0.5, 0.6) is 0 Å². The van der Waals surface area contributed by atoms with E-state index in [2.05, 4.69) is 65.7 Å². The zero-order valence-electron chi connectivity index (χ0n) is 18.4. The summed E-state index contributed by atoms with van der Waals surface area (Å²) in [4.78, 5) is 17.7. The van der Waals surface area contributed by atoms with Crippen molar-refractivity contribution >= 4 is 29.0 Å². The second-order valence-corrected chi connectivity index (χ2v) is 9.47. The van der Waals surface area contributed by atoms with Crippen LogP contribution in [0.3, 0.4) is 0 Å². The summed E-state index contributed by atoms with van der Waals surface area (Å²) < 4.78 is 0. The van der Waals surface area contributed by atoms with Gasteiger partial charge in [-0.1, -0.05) is 71.8 Å². The van der Waals surface area contributed by atoms with Gasteiger partial charge in [0.2, 0.25) is 0 Å². The largest absolute Gasteiger partial charge is 0.326 e. The van der Waals surface area contributed by atoms with Crippen LogP contribution < -0.4 is 10.2 Å². The summed E-state index contributed by atoms with van der Waals surface area (Å²) in [5.41, 5.74) is 5.58. The molecule has 5 rings (SSSR count). The van der Waals surface area contributed by atoms with E-state index in [0.717, 1.165) is 38.2 Å². The number of amides is 2. The first kappa shape index (κ1) is 21.0. The van der Waals surface area contributed by atoms with Gasteiger partial charge in [0.15, 0.2) is 0 Å². The van der Waals surface area contributed by atoms with Gasteiger partial charge in [-0.15, -0.1) is 0 Å². The Morgan fingerprint density at radius 3 is 2.47 bits per heavy atom. The summed E-state index contributed by atoms with van der Waals surface area (Å²) in [6.07, 6.45) is 2.10. The molecule has 2 amide bonds. The van der Waals surface area contributed by atoms with Crippen molar-refractivity contribution in [3.8, 4) is 0 Å². The normalized spacial score (nSPS) is 17.4. The second kappa shape index (κ2) is 8.61. The molecule has 0 unspecified atom stereocenters. The molecular formula is C27H28ClN3O. The number of carbonyl (C=O) groups excluding carboxylic acids is 1. The zero-order valence-corrected chi connectivity index (χ0v) is 19.1. The molecule has 0 aliphatic carbocycles. The van der Waals surface area contributed by atoms with E-state index in [9.17, 15) is 4.79 Å². The summed E-state index contributed by atoms with van der Waals surface area (Å²) in [7, 11) is 0. The number of para-hydroxylation sites is 1. The van der Waals surface area contributed by atoms with Gasteiger partial charge in [0.25, 0.3) is 0 Å². The third-order valence-electron chi connectivity index (χ3n) is 6.90. The van der Waals surface area contributed by atoms with Crippen molar-refractivity contribution in [3.63, 3.8) is 0 Å². The van der Waals surface area contributed by atoms with Crippen molar-refractivity contribution in [1.82, 2.24) is 4.90 Å². The van der Waals surface area contributed by atoms with E-state index >= 15 is 0 Å². The predicted octanol–water partition coefficient (Wildman–Crippen LogP) is 6.23. The minimum Gasteiger partial charge on any atom is -0.306 e. The molecule has 164 valence electrons. The Labute approximate surface area is 194 Å². The highest BCUT2D eigenvalue weighted by Crippen LogP contribution is 2.47. The number of carbonyl (C=O) groups is 1. The van der Waals surface area contributed by atoms with E-state index < -0.39 is 0 Å². The van der Waals surface area contributed by atoms with Gasteiger partial charge in [-0.3, -0.25) is 9.80 Å². The van der Waals surface area contributed by atoms with Crippen molar-refractivity contribution in [2.75, 3.05) is 29.9 Å². The van der Waals surface area contributed by atoms with Gasteiger partial charge in [0, 0.05) is 24.2 Å². The fourth-order valence-electron chi connectivity index (χ4n) is 5.12. The Morgan fingerprint density at radius 1 is 1.00 bits per heavy atom. The van der Waals surface area contributed by atoms with Crippen LogP contribution in [0.1, 0.15) is 29.5 Å². The number of likely N-dealkylation sites (tertiary alicyclic amines) is 1. The first-order valence-electron chi connectivity index (χ1n) is 11.2. The molecule has 0 bridgehead atoms. The molecule has 2 aliphatic heterocycles. The molecule has 0 saturated carbocycles. The van der Waals surface area contributed by atoms with E-state index in [-0.39, 0.29) is 11.4 Å². The van der Waals surface area contributed by atoms with Crippen LogP contribution in [-0.2, 0) is 12.0 Å². The fourth-order valence-corrected chi connectivity index (χ4v) is 5.30. The lowest BCUT2D eigenvalue weighted by Gasteiger charge is -2.40. The molecule has 3 aromatic rings. The maximum atomic E-state index is 13.3. The molecule has 5 heteroatoms. The summed E-state index contributed by atoms with van der Waals surface area (Å²) in [6.45, 7) is 5.88. The molecule has 1 fully saturated rings. The third-order valence-corrected chi connectivity index (χ3v) is 7.23. The van der Waals surface area contributed by atoms with Crippen molar-refractivity contribution in [2.45, 2.75) is 31.7 Å². The van der Waals surface area contributed by atoms with E-state index in [1.165, 1.54) is 16.7 Å². The summed E-state index contributed by atoms with van der Waals surface area (Å²) in [5.74, 6) is 0. The summed E-state index contributed by atoms with van der Waals surface area (Å²) in [5, 5.41) is 3.56. The molecule has 0 atom stereocenters. The van der Waals surface area contributed by atoms with Gasteiger partial charge in [0.05, 0.1) is 10.7 Å². The lowest BCUT2D eigenvalue weighted by Crippen LogP contribution is -2.46.